The average Bonchev–Trinajstić information content (AvgIpc) is 2.38. The molecule has 104 valence electrons. The smallest absolute Gasteiger partial charge is 0.328 e. The van der Waals surface area contributed by atoms with Crippen molar-refractivity contribution in [2.75, 3.05) is 18.0 Å². The van der Waals surface area contributed by atoms with E-state index in [9.17, 15) is 4.79 Å². The molecule has 1 aromatic rings. The molecule has 1 aromatic carbocycles. The Morgan fingerprint density at radius 1 is 1.42 bits per heavy atom. The van der Waals surface area contributed by atoms with E-state index in [0.29, 0.717) is 0 Å². The van der Waals surface area contributed by atoms with E-state index in [-0.39, 0.29) is 0 Å². The number of benzene rings is 1. The Bertz CT molecular complexity index is 457. The topological polar surface area (TPSA) is 40.5 Å². The number of carboxylic acids is 1. The minimum absolute atomic E-state index is 0.873. The summed E-state index contributed by atoms with van der Waals surface area (Å²) in [7, 11) is 0. The van der Waals surface area contributed by atoms with Crippen LogP contribution >= 0.6 is 15.9 Å². The zero-order valence-corrected chi connectivity index (χ0v) is 13.0. The molecule has 1 rings (SSSR count). The Hall–Kier alpha value is -1.29. The predicted octanol–water partition coefficient (Wildman–Crippen LogP) is 4.17. The van der Waals surface area contributed by atoms with Gasteiger partial charge in [-0.05, 0) is 37.1 Å². The number of carboxylic acid groups (broad SMARTS) is 1. The van der Waals surface area contributed by atoms with Crippen LogP contribution in [0.25, 0.3) is 6.08 Å². The first-order valence-corrected chi connectivity index (χ1v) is 7.33. The minimum atomic E-state index is -0.936. The Kier molecular flexibility index (Phi) is 6.64. The van der Waals surface area contributed by atoms with Gasteiger partial charge in [-0.25, -0.2) is 4.79 Å². The van der Waals surface area contributed by atoms with E-state index in [2.05, 4.69) is 34.7 Å². The number of anilines is 1. The van der Waals surface area contributed by atoms with Crippen molar-refractivity contribution in [3.63, 3.8) is 0 Å². The van der Waals surface area contributed by atoms with E-state index >= 15 is 0 Å². The van der Waals surface area contributed by atoms with Gasteiger partial charge in [0.15, 0.2) is 0 Å². The molecule has 0 radical (unpaired) electrons. The highest BCUT2D eigenvalue weighted by Crippen LogP contribution is 2.25. The quantitative estimate of drug-likeness (QED) is 0.765. The molecular weight excluding hydrogens is 306 g/mol. The second-order valence-electron chi connectivity index (χ2n) is 4.31. The Morgan fingerprint density at radius 2 is 2.16 bits per heavy atom. The standard InChI is InChI=1S/C15H20BrNO2/c1-3-5-10-17(4-2)13-8-6-12(14(16)11-13)7-9-15(18)19/h6-9,11H,3-5,10H2,1-2H3,(H,18,19)/b9-7+. The second kappa shape index (κ2) is 8.00. The van der Waals surface area contributed by atoms with Gasteiger partial charge in [0.1, 0.15) is 0 Å². The fourth-order valence-electron chi connectivity index (χ4n) is 1.83. The summed E-state index contributed by atoms with van der Waals surface area (Å²) in [6.45, 7) is 6.34. The summed E-state index contributed by atoms with van der Waals surface area (Å²) in [5.41, 5.74) is 2.04. The van der Waals surface area contributed by atoms with Gasteiger partial charge in [-0.1, -0.05) is 35.3 Å². The van der Waals surface area contributed by atoms with E-state index in [0.717, 1.165) is 34.9 Å². The number of hydrogen-bond acceptors (Lipinski definition) is 2. The largest absolute Gasteiger partial charge is 0.478 e. The van der Waals surface area contributed by atoms with Gasteiger partial charge in [0.25, 0.3) is 0 Å². The van der Waals surface area contributed by atoms with Crippen LogP contribution in [-0.2, 0) is 4.79 Å². The number of unbranched alkanes of at least 4 members (excludes halogenated alkanes) is 1. The number of hydrogen-bond donors (Lipinski definition) is 1. The third kappa shape index (κ3) is 5.07. The van der Waals surface area contributed by atoms with Crippen molar-refractivity contribution in [3.05, 3.63) is 34.3 Å². The highest BCUT2D eigenvalue weighted by Gasteiger charge is 2.06. The highest BCUT2D eigenvalue weighted by atomic mass is 79.9. The lowest BCUT2D eigenvalue weighted by Gasteiger charge is -2.23. The summed E-state index contributed by atoms with van der Waals surface area (Å²) in [4.78, 5) is 12.8. The summed E-state index contributed by atoms with van der Waals surface area (Å²) >= 11 is 3.49. The maximum Gasteiger partial charge on any atom is 0.328 e. The molecule has 0 unspecified atom stereocenters. The van der Waals surface area contributed by atoms with Crippen LogP contribution in [0.4, 0.5) is 5.69 Å². The molecule has 0 spiro atoms. The van der Waals surface area contributed by atoms with Crippen molar-refractivity contribution in [2.45, 2.75) is 26.7 Å². The van der Waals surface area contributed by atoms with Crippen molar-refractivity contribution in [1.29, 1.82) is 0 Å². The monoisotopic (exact) mass is 325 g/mol. The van der Waals surface area contributed by atoms with Gasteiger partial charge in [0.2, 0.25) is 0 Å². The van der Waals surface area contributed by atoms with Crippen LogP contribution in [0.3, 0.4) is 0 Å². The van der Waals surface area contributed by atoms with Crippen LogP contribution in [0.5, 0.6) is 0 Å². The van der Waals surface area contributed by atoms with Gasteiger partial charge in [0, 0.05) is 29.3 Å². The van der Waals surface area contributed by atoms with Crippen molar-refractivity contribution in [2.24, 2.45) is 0 Å². The summed E-state index contributed by atoms with van der Waals surface area (Å²) in [6, 6.07) is 6.01. The van der Waals surface area contributed by atoms with Crippen LogP contribution in [0.1, 0.15) is 32.3 Å². The first kappa shape index (κ1) is 15.8. The van der Waals surface area contributed by atoms with E-state index in [1.807, 2.05) is 18.2 Å². The molecule has 0 aliphatic carbocycles. The van der Waals surface area contributed by atoms with Gasteiger partial charge in [-0.2, -0.15) is 0 Å². The average molecular weight is 326 g/mol. The summed E-state index contributed by atoms with van der Waals surface area (Å²) < 4.78 is 0.914. The molecule has 19 heavy (non-hydrogen) atoms. The van der Waals surface area contributed by atoms with Gasteiger partial charge >= 0.3 is 5.97 Å². The van der Waals surface area contributed by atoms with E-state index < -0.39 is 5.97 Å². The van der Waals surface area contributed by atoms with Crippen molar-refractivity contribution in [3.8, 4) is 0 Å². The minimum Gasteiger partial charge on any atom is -0.478 e. The normalized spacial score (nSPS) is 10.9. The molecule has 0 amide bonds. The molecule has 0 atom stereocenters. The van der Waals surface area contributed by atoms with Gasteiger partial charge in [0.05, 0.1) is 0 Å². The van der Waals surface area contributed by atoms with Crippen molar-refractivity contribution < 1.29 is 9.90 Å². The lowest BCUT2D eigenvalue weighted by Crippen LogP contribution is -2.23. The molecule has 0 saturated carbocycles. The first-order valence-electron chi connectivity index (χ1n) is 6.54. The van der Waals surface area contributed by atoms with Gasteiger partial charge < -0.3 is 10.0 Å². The maximum atomic E-state index is 10.5. The molecule has 0 heterocycles. The molecule has 1 N–H and O–H groups in total. The summed E-state index contributed by atoms with van der Waals surface area (Å²) in [6.07, 6.45) is 5.09. The van der Waals surface area contributed by atoms with E-state index in [1.165, 1.54) is 12.8 Å². The van der Waals surface area contributed by atoms with E-state index in [1.54, 1.807) is 6.08 Å². The summed E-state index contributed by atoms with van der Waals surface area (Å²) in [5.74, 6) is -0.936. The first-order chi connectivity index (χ1) is 9.08. The summed E-state index contributed by atoms with van der Waals surface area (Å²) in [5, 5.41) is 8.63. The number of nitrogens with zero attached hydrogens (tertiary/aromatic N) is 1. The van der Waals surface area contributed by atoms with Crippen LogP contribution in [0, 0.1) is 0 Å². The number of carbonyl (C=O) groups is 1. The molecular formula is C15H20BrNO2. The molecule has 0 aromatic heterocycles. The van der Waals surface area contributed by atoms with E-state index in [4.69, 9.17) is 5.11 Å². The Balaban J connectivity index is 2.88. The molecule has 0 aliphatic heterocycles. The molecule has 0 bridgehead atoms. The molecule has 0 aliphatic rings. The van der Waals surface area contributed by atoms with Crippen LogP contribution in [-0.4, -0.2) is 24.2 Å². The van der Waals surface area contributed by atoms with Crippen LogP contribution < -0.4 is 4.90 Å². The van der Waals surface area contributed by atoms with Crippen molar-refractivity contribution in [1.82, 2.24) is 0 Å². The number of aliphatic carboxylic acids is 1. The lowest BCUT2D eigenvalue weighted by atomic mass is 10.1. The lowest BCUT2D eigenvalue weighted by molar-refractivity contribution is -0.131. The van der Waals surface area contributed by atoms with Crippen molar-refractivity contribution >= 4 is 33.7 Å². The molecule has 3 nitrogen and oxygen atoms in total. The Morgan fingerprint density at radius 3 is 2.68 bits per heavy atom. The molecule has 0 saturated heterocycles. The highest BCUT2D eigenvalue weighted by molar-refractivity contribution is 9.10. The zero-order valence-electron chi connectivity index (χ0n) is 11.4. The van der Waals surface area contributed by atoms with Gasteiger partial charge in [-0.3, -0.25) is 0 Å². The SMILES string of the molecule is CCCCN(CC)c1ccc(/C=C/C(=O)O)c(Br)c1. The Labute approximate surface area is 123 Å². The second-order valence-corrected chi connectivity index (χ2v) is 5.16. The van der Waals surface area contributed by atoms with Gasteiger partial charge in [-0.15, -0.1) is 0 Å². The third-order valence-electron chi connectivity index (χ3n) is 2.92. The molecule has 0 fully saturated rings. The molecule has 4 heteroatoms. The maximum absolute atomic E-state index is 10.5. The zero-order chi connectivity index (χ0) is 14.3. The fourth-order valence-corrected chi connectivity index (χ4v) is 2.33. The number of rotatable bonds is 7. The van der Waals surface area contributed by atoms with Crippen LogP contribution in [0.15, 0.2) is 28.7 Å². The number of halogens is 1. The predicted molar refractivity (Wildman–Crippen MR) is 83.6 cm³/mol. The van der Waals surface area contributed by atoms with Crippen LogP contribution in [0.2, 0.25) is 0 Å². The third-order valence-corrected chi connectivity index (χ3v) is 3.60. The fraction of sp³-hybridized carbons (Fsp3) is 0.400.